The second kappa shape index (κ2) is 3.35. The molecule has 0 amide bonds. The molecule has 0 atom stereocenters. The fourth-order valence-corrected chi connectivity index (χ4v) is 2.11. The molecule has 0 saturated heterocycles. The molecule has 5 heteroatoms. The van der Waals surface area contributed by atoms with E-state index in [0.717, 1.165) is 33.6 Å². The largest absolute Gasteiger partial charge is 0.397 e. The number of benzene rings is 1. The summed E-state index contributed by atoms with van der Waals surface area (Å²) in [6, 6.07) is 3.89. The maximum absolute atomic E-state index is 5.99. The molecule has 5 nitrogen and oxygen atoms in total. The van der Waals surface area contributed by atoms with Crippen LogP contribution in [-0.2, 0) is 0 Å². The van der Waals surface area contributed by atoms with Gasteiger partial charge in [0.15, 0.2) is 0 Å². The van der Waals surface area contributed by atoms with Crippen molar-refractivity contribution in [2.24, 2.45) is 0 Å². The number of H-pyrrole nitrogens is 1. The molecular formula is C12H12N4O. The number of imidazole rings is 1. The summed E-state index contributed by atoms with van der Waals surface area (Å²) in [6.07, 6.45) is 1.64. The molecule has 0 fully saturated rings. The Labute approximate surface area is 97.6 Å². The third-order valence-electron chi connectivity index (χ3n) is 2.88. The van der Waals surface area contributed by atoms with Gasteiger partial charge in [0.1, 0.15) is 5.76 Å². The monoisotopic (exact) mass is 228 g/mol. The van der Waals surface area contributed by atoms with Crippen LogP contribution in [0.15, 0.2) is 23.0 Å². The minimum absolute atomic E-state index is 0.676. The Hall–Kier alpha value is -2.30. The van der Waals surface area contributed by atoms with E-state index in [1.54, 1.807) is 6.33 Å². The molecule has 0 bridgehead atoms. The molecular weight excluding hydrogens is 216 g/mol. The van der Waals surface area contributed by atoms with Crippen molar-refractivity contribution in [1.29, 1.82) is 0 Å². The Morgan fingerprint density at radius 2 is 2.12 bits per heavy atom. The predicted molar refractivity (Wildman–Crippen MR) is 65.5 cm³/mol. The lowest BCUT2D eigenvalue weighted by atomic mass is 10.0. The van der Waals surface area contributed by atoms with Gasteiger partial charge in [-0.3, -0.25) is 0 Å². The zero-order valence-corrected chi connectivity index (χ0v) is 9.61. The van der Waals surface area contributed by atoms with Gasteiger partial charge in [-0.25, -0.2) is 4.98 Å². The van der Waals surface area contributed by atoms with Gasteiger partial charge >= 0.3 is 0 Å². The van der Waals surface area contributed by atoms with Crippen LogP contribution in [0.3, 0.4) is 0 Å². The van der Waals surface area contributed by atoms with Gasteiger partial charge in [0.25, 0.3) is 0 Å². The normalized spacial score (nSPS) is 11.2. The van der Waals surface area contributed by atoms with Crippen LogP contribution < -0.4 is 5.73 Å². The van der Waals surface area contributed by atoms with Crippen LogP contribution >= 0.6 is 0 Å². The van der Waals surface area contributed by atoms with E-state index in [0.29, 0.717) is 5.69 Å². The number of nitrogens with one attached hydrogen (secondary N) is 1. The molecule has 0 spiro atoms. The van der Waals surface area contributed by atoms with E-state index in [1.807, 2.05) is 26.0 Å². The van der Waals surface area contributed by atoms with Gasteiger partial charge in [0.05, 0.1) is 28.7 Å². The second-order valence-corrected chi connectivity index (χ2v) is 4.06. The second-order valence-electron chi connectivity index (χ2n) is 4.06. The molecule has 2 aromatic heterocycles. The molecule has 0 aliphatic rings. The van der Waals surface area contributed by atoms with Crippen molar-refractivity contribution < 1.29 is 4.52 Å². The predicted octanol–water partition coefficient (Wildman–Crippen LogP) is 2.42. The number of nitrogens with zero attached hydrogens (tertiary/aromatic N) is 2. The molecule has 86 valence electrons. The van der Waals surface area contributed by atoms with Gasteiger partial charge in [0.2, 0.25) is 0 Å². The lowest BCUT2D eigenvalue weighted by Gasteiger charge is -2.03. The smallest absolute Gasteiger partial charge is 0.141 e. The van der Waals surface area contributed by atoms with E-state index in [1.165, 1.54) is 0 Å². The van der Waals surface area contributed by atoms with Crippen LogP contribution in [0.1, 0.15) is 11.5 Å². The lowest BCUT2D eigenvalue weighted by molar-refractivity contribution is 0.393. The van der Waals surface area contributed by atoms with Gasteiger partial charge in [-0.15, -0.1) is 0 Å². The molecule has 1 aromatic carbocycles. The minimum atomic E-state index is 0.676. The SMILES string of the molecule is Cc1noc(C)c1-c1cc(N)c2[nH]cnc2c1. The van der Waals surface area contributed by atoms with E-state index >= 15 is 0 Å². The average Bonchev–Trinajstić information content (AvgIpc) is 2.86. The molecule has 2 heterocycles. The number of anilines is 1. The number of hydrogen-bond acceptors (Lipinski definition) is 4. The summed E-state index contributed by atoms with van der Waals surface area (Å²) in [7, 11) is 0. The number of aromatic amines is 1. The Balaban J connectivity index is 2.31. The molecule has 0 unspecified atom stereocenters. The zero-order valence-electron chi connectivity index (χ0n) is 9.61. The van der Waals surface area contributed by atoms with Crippen LogP contribution in [0.25, 0.3) is 22.2 Å². The highest BCUT2D eigenvalue weighted by Gasteiger charge is 2.13. The summed E-state index contributed by atoms with van der Waals surface area (Å²) < 4.78 is 5.16. The molecule has 0 radical (unpaired) electrons. The molecule has 17 heavy (non-hydrogen) atoms. The van der Waals surface area contributed by atoms with Crippen molar-refractivity contribution in [1.82, 2.24) is 15.1 Å². The summed E-state index contributed by atoms with van der Waals surface area (Å²) >= 11 is 0. The van der Waals surface area contributed by atoms with Crippen LogP contribution in [0.4, 0.5) is 5.69 Å². The van der Waals surface area contributed by atoms with Crippen molar-refractivity contribution in [3.63, 3.8) is 0 Å². The van der Waals surface area contributed by atoms with Gasteiger partial charge in [-0.2, -0.15) is 0 Å². The van der Waals surface area contributed by atoms with Crippen LogP contribution in [0.2, 0.25) is 0 Å². The third-order valence-corrected chi connectivity index (χ3v) is 2.88. The first-order chi connectivity index (χ1) is 8.16. The summed E-state index contributed by atoms with van der Waals surface area (Å²) in [4.78, 5) is 7.24. The van der Waals surface area contributed by atoms with Gasteiger partial charge < -0.3 is 15.2 Å². The van der Waals surface area contributed by atoms with Crippen molar-refractivity contribution in [2.75, 3.05) is 5.73 Å². The molecule has 0 aliphatic heterocycles. The summed E-state index contributed by atoms with van der Waals surface area (Å²) in [6.45, 7) is 3.80. The number of nitrogens with two attached hydrogens (primary N) is 1. The van der Waals surface area contributed by atoms with Gasteiger partial charge in [-0.05, 0) is 31.5 Å². The number of aryl methyl sites for hydroxylation is 2. The van der Waals surface area contributed by atoms with Crippen molar-refractivity contribution in [2.45, 2.75) is 13.8 Å². The molecule has 0 saturated carbocycles. The standard InChI is InChI=1S/C12H12N4O/c1-6-11(7(2)17-16-6)8-3-9(13)12-10(4-8)14-5-15-12/h3-5H,13H2,1-2H3,(H,14,15). The number of rotatable bonds is 1. The highest BCUT2D eigenvalue weighted by Crippen LogP contribution is 2.31. The minimum Gasteiger partial charge on any atom is -0.397 e. The van der Waals surface area contributed by atoms with E-state index < -0.39 is 0 Å². The quantitative estimate of drug-likeness (QED) is 0.627. The van der Waals surface area contributed by atoms with Crippen molar-refractivity contribution in [3.05, 3.63) is 29.9 Å². The highest BCUT2D eigenvalue weighted by atomic mass is 16.5. The first-order valence-electron chi connectivity index (χ1n) is 5.32. The van der Waals surface area contributed by atoms with Gasteiger partial charge in [0, 0.05) is 5.56 Å². The van der Waals surface area contributed by atoms with E-state index in [4.69, 9.17) is 10.3 Å². The molecule has 3 aromatic rings. The lowest BCUT2D eigenvalue weighted by Crippen LogP contribution is -1.90. The maximum atomic E-state index is 5.99. The fourth-order valence-electron chi connectivity index (χ4n) is 2.11. The molecule has 0 aliphatic carbocycles. The summed E-state index contributed by atoms with van der Waals surface area (Å²) in [5, 5.41) is 3.95. The Kier molecular flexibility index (Phi) is 1.95. The Morgan fingerprint density at radius 1 is 1.29 bits per heavy atom. The van der Waals surface area contributed by atoms with Crippen LogP contribution in [-0.4, -0.2) is 15.1 Å². The number of fused-ring (bicyclic) bond motifs is 1. The third kappa shape index (κ3) is 1.39. The van der Waals surface area contributed by atoms with Gasteiger partial charge in [-0.1, -0.05) is 5.16 Å². The average molecular weight is 228 g/mol. The molecule has 3 rings (SSSR count). The van der Waals surface area contributed by atoms with E-state index in [2.05, 4.69) is 15.1 Å². The molecule has 3 N–H and O–H groups in total. The summed E-state index contributed by atoms with van der Waals surface area (Å²) in [5.41, 5.74) is 11.2. The van der Waals surface area contributed by atoms with Crippen molar-refractivity contribution >= 4 is 16.7 Å². The number of hydrogen-bond donors (Lipinski definition) is 2. The van der Waals surface area contributed by atoms with Crippen molar-refractivity contribution in [3.8, 4) is 11.1 Å². The first kappa shape index (κ1) is 9.89. The summed E-state index contributed by atoms with van der Waals surface area (Å²) in [5.74, 6) is 0.789. The fraction of sp³-hybridized carbons (Fsp3) is 0.167. The van der Waals surface area contributed by atoms with Crippen LogP contribution in [0, 0.1) is 13.8 Å². The first-order valence-corrected chi connectivity index (χ1v) is 5.32. The van der Waals surface area contributed by atoms with Crippen LogP contribution in [0.5, 0.6) is 0 Å². The van der Waals surface area contributed by atoms with E-state index in [-0.39, 0.29) is 0 Å². The Bertz CT molecular complexity index is 676. The number of nitrogen functional groups attached to an aromatic ring is 1. The highest BCUT2D eigenvalue weighted by molar-refractivity contribution is 5.92. The topological polar surface area (TPSA) is 80.7 Å². The zero-order chi connectivity index (χ0) is 12.0. The Morgan fingerprint density at radius 3 is 2.82 bits per heavy atom. The number of aromatic nitrogens is 3. The maximum Gasteiger partial charge on any atom is 0.141 e. The van der Waals surface area contributed by atoms with E-state index in [9.17, 15) is 0 Å².